The van der Waals surface area contributed by atoms with Gasteiger partial charge in [-0.1, -0.05) is 25.5 Å². The van der Waals surface area contributed by atoms with Gasteiger partial charge in [-0.05, 0) is 43.5 Å². The van der Waals surface area contributed by atoms with Crippen LogP contribution in [0.5, 0.6) is 5.75 Å². The van der Waals surface area contributed by atoms with Gasteiger partial charge >= 0.3 is 0 Å². The van der Waals surface area contributed by atoms with Gasteiger partial charge in [-0.15, -0.1) is 0 Å². The Labute approximate surface area is 127 Å². The zero-order chi connectivity index (χ0) is 15.3. The highest BCUT2D eigenvalue weighted by Gasteiger charge is 2.35. The van der Waals surface area contributed by atoms with Crippen LogP contribution < -0.4 is 10.1 Å². The van der Waals surface area contributed by atoms with Crippen LogP contribution in [0, 0.1) is 0 Å². The van der Waals surface area contributed by atoms with Crippen LogP contribution in [0.4, 0.5) is 0 Å². The summed E-state index contributed by atoms with van der Waals surface area (Å²) in [4.78, 5) is 0. The maximum Gasteiger partial charge on any atom is 0.154 e. The van der Waals surface area contributed by atoms with Crippen molar-refractivity contribution < 1.29 is 13.2 Å². The van der Waals surface area contributed by atoms with Crippen LogP contribution in [0.1, 0.15) is 31.7 Å². The minimum Gasteiger partial charge on any atom is -0.497 e. The first-order valence-corrected chi connectivity index (χ1v) is 9.36. The highest BCUT2D eigenvalue weighted by molar-refractivity contribution is 7.92. The molecule has 0 bridgehead atoms. The van der Waals surface area contributed by atoms with Crippen LogP contribution in [-0.2, 0) is 16.3 Å². The van der Waals surface area contributed by atoms with Gasteiger partial charge in [-0.25, -0.2) is 8.42 Å². The Morgan fingerprint density at radius 1 is 1.38 bits per heavy atom. The SMILES string of the molecule is CCNC(Cc1cccc(OC)c1)C1CCCCS1(=O)=O. The second-order valence-corrected chi connectivity index (χ2v) is 7.96. The third-order valence-electron chi connectivity index (χ3n) is 4.13. The van der Waals surface area contributed by atoms with Gasteiger partial charge in [0.2, 0.25) is 0 Å². The minimum atomic E-state index is -2.97. The number of methoxy groups -OCH3 is 1. The van der Waals surface area contributed by atoms with E-state index in [0.717, 1.165) is 43.5 Å². The predicted octanol–water partition coefficient (Wildman–Crippen LogP) is 2.18. The van der Waals surface area contributed by atoms with E-state index in [-0.39, 0.29) is 11.3 Å². The number of sulfone groups is 1. The molecule has 0 aliphatic carbocycles. The average Bonchev–Trinajstić information content (AvgIpc) is 2.47. The zero-order valence-corrected chi connectivity index (χ0v) is 13.7. The van der Waals surface area contributed by atoms with Gasteiger partial charge in [0.15, 0.2) is 9.84 Å². The van der Waals surface area contributed by atoms with Crippen LogP contribution in [0.3, 0.4) is 0 Å². The van der Waals surface area contributed by atoms with Crippen molar-refractivity contribution in [1.29, 1.82) is 0 Å². The van der Waals surface area contributed by atoms with Crippen LogP contribution in [-0.4, -0.2) is 39.1 Å². The Morgan fingerprint density at radius 2 is 2.19 bits per heavy atom. The summed E-state index contributed by atoms with van der Waals surface area (Å²) >= 11 is 0. The van der Waals surface area contributed by atoms with Gasteiger partial charge in [-0.3, -0.25) is 0 Å². The largest absolute Gasteiger partial charge is 0.497 e. The van der Waals surface area contributed by atoms with Crippen molar-refractivity contribution in [3.63, 3.8) is 0 Å². The first-order chi connectivity index (χ1) is 10.1. The predicted molar refractivity (Wildman–Crippen MR) is 85.6 cm³/mol. The van der Waals surface area contributed by atoms with Crippen LogP contribution in [0.25, 0.3) is 0 Å². The molecule has 0 amide bonds. The molecule has 1 aliphatic heterocycles. The molecule has 21 heavy (non-hydrogen) atoms. The van der Waals surface area contributed by atoms with Gasteiger partial charge in [-0.2, -0.15) is 0 Å². The molecule has 1 N–H and O–H groups in total. The quantitative estimate of drug-likeness (QED) is 0.875. The van der Waals surface area contributed by atoms with E-state index in [2.05, 4.69) is 5.32 Å². The number of nitrogens with one attached hydrogen (secondary N) is 1. The number of hydrogen-bond donors (Lipinski definition) is 1. The molecule has 2 atom stereocenters. The van der Waals surface area contributed by atoms with Crippen LogP contribution in [0.2, 0.25) is 0 Å². The number of benzene rings is 1. The average molecular weight is 311 g/mol. The number of likely N-dealkylation sites (N-methyl/N-ethyl adjacent to an activating group) is 1. The number of ether oxygens (including phenoxy) is 1. The van der Waals surface area contributed by atoms with Crippen molar-refractivity contribution in [1.82, 2.24) is 5.32 Å². The van der Waals surface area contributed by atoms with Crippen molar-refractivity contribution in [3.8, 4) is 5.75 Å². The lowest BCUT2D eigenvalue weighted by molar-refractivity contribution is 0.412. The molecule has 1 fully saturated rings. The molecular formula is C16H25NO3S. The molecule has 1 heterocycles. The van der Waals surface area contributed by atoms with Crippen LogP contribution in [0.15, 0.2) is 24.3 Å². The molecule has 0 radical (unpaired) electrons. The summed E-state index contributed by atoms with van der Waals surface area (Å²) in [7, 11) is -1.33. The molecule has 0 saturated carbocycles. The Hall–Kier alpha value is -1.07. The molecule has 118 valence electrons. The smallest absolute Gasteiger partial charge is 0.154 e. The number of rotatable bonds is 6. The highest BCUT2D eigenvalue weighted by atomic mass is 32.2. The van der Waals surface area contributed by atoms with Gasteiger partial charge in [0.25, 0.3) is 0 Å². The van der Waals surface area contributed by atoms with Crippen molar-refractivity contribution in [2.24, 2.45) is 0 Å². The summed E-state index contributed by atoms with van der Waals surface area (Å²) < 4.78 is 29.9. The van der Waals surface area contributed by atoms with E-state index in [9.17, 15) is 8.42 Å². The Morgan fingerprint density at radius 3 is 2.86 bits per heavy atom. The van der Waals surface area contributed by atoms with E-state index in [4.69, 9.17) is 4.74 Å². The molecule has 0 aromatic heterocycles. The minimum absolute atomic E-state index is 0.0209. The van der Waals surface area contributed by atoms with Gasteiger partial charge < -0.3 is 10.1 Å². The molecule has 1 aliphatic rings. The molecule has 5 heteroatoms. The fourth-order valence-corrected chi connectivity index (χ4v) is 5.21. The van der Waals surface area contributed by atoms with Gasteiger partial charge in [0, 0.05) is 6.04 Å². The lowest BCUT2D eigenvalue weighted by Gasteiger charge is -2.30. The number of hydrogen-bond acceptors (Lipinski definition) is 4. The fraction of sp³-hybridized carbons (Fsp3) is 0.625. The lowest BCUT2D eigenvalue weighted by atomic mass is 9.99. The summed E-state index contributed by atoms with van der Waals surface area (Å²) in [5, 5.41) is 3.11. The second-order valence-electron chi connectivity index (χ2n) is 5.62. The Kier molecular flexibility index (Phi) is 5.65. The van der Waals surface area contributed by atoms with E-state index >= 15 is 0 Å². The second kappa shape index (κ2) is 7.27. The molecule has 1 saturated heterocycles. The summed E-state index contributed by atoms with van der Waals surface area (Å²) in [6, 6.07) is 7.85. The van der Waals surface area contributed by atoms with Crippen molar-refractivity contribution in [3.05, 3.63) is 29.8 Å². The lowest BCUT2D eigenvalue weighted by Crippen LogP contribution is -2.47. The van der Waals surface area contributed by atoms with Crippen molar-refractivity contribution >= 4 is 9.84 Å². The van der Waals surface area contributed by atoms with E-state index in [0.29, 0.717) is 5.75 Å². The van der Waals surface area contributed by atoms with Gasteiger partial charge in [0.1, 0.15) is 5.75 Å². The summed E-state index contributed by atoms with van der Waals surface area (Å²) in [5.41, 5.74) is 1.11. The first-order valence-electron chi connectivity index (χ1n) is 7.64. The zero-order valence-electron chi connectivity index (χ0n) is 12.8. The van der Waals surface area contributed by atoms with E-state index in [1.807, 2.05) is 31.2 Å². The topological polar surface area (TPSA) is 55.4 Å². The Balaban J connectivity index is 2.18. The van der Waals surface area contributed by atoms with E-state index in [1.54, 1.807) is 7.11 Å². The van der Waals surface area contributed by atoms with Gasteiger partial charge in [0.05, 0.1) is 18.1 Å². The molecule has 2 unspecified atom stereocenters. The van der Waals surface area contributed by atoms with Crippen molar-refractivity contribution in [2.45, 2.75) is 43.9 Å². The summed E-state index contributed by atoms with van der Waals surface area (Å²) in [6.07, 6.45) is 3.29. The molecular weight excluding hydrogens is 286 g/mol. The molecule has 2 rings (SSSR count). The third kappa shape index (κ3) is 4.20. The molecule has 1 aromatic rings. The first kappa shape index (κ1) is 16.3. The standard InChI is InChI=1S/C16H25NO3S/c1-3-17-15(16-9-4-5-10-21(16,18)19)12-13-7-6-8-14(11-13)20-2/h6-8,11,15-17H,3-5,9-10,12H2,1-2H3. The maximum absolute atomic E-state index is 12.3. The van der Waals surface area contributed by atoms with E-state index < -0.39 is 9.84 Å². The molecule has 4 nitrogen and oxygen atoms in total. The third-order valence-corrected chi connectivity index (χ3v) is 6.48. The molecule has 1 aromatic carbocycles. The van der Waals surface area contributed by atoms with Crippen LogP contribution >= 0.6 is 0 Å². The summed E-state index contributed by atoms with van der Waals surface area (Å²) in [5.74, 6) is 1.15. The Bertz CT molecular complexity index is 556. The summed E-state index contributed by atoms with van der Waals surface area (Å²) in [6.45, 7) is 2.80. The molecule has 0 spiro atoms. The highest BCUT2D eigenvalue weighted by Crippen LogP contribution is 2.25. The fourth-order valence-electron chi connectivity index (χ4n) is 3.08. The normalized spacial score (nSPS) is 22.7. The maximum atomic E-state index is 12.3. The monoisotopic (exact) mass is 311 g/mol. The van der Waals surface area contributed by atoms with Crippen molar-refractivity contribution in [2.75, 3.05) is 19.4 Å². The van der Waals surface area contributed by atoms with E-state index in [1.165, 1.54) is 0 Å².